The second kappa shape index (κ2) is 8.58. The number of benzene rings is 1. The van der Waals surface area contributed by atoms with Gasteiger partial charge in [-0.1, -0.05) is 12.2 Å². The maximum atomic E-state index is 12.7. The Balaban J connectivity index is 2.15. The van der Waals surface area contributed by atoms with Gasteiger partial charge >= 0.3 is 0 Å². The van der Waals surface area contributed by atoms with Crippen molar-refractivity contribution in [3.8, 4) is 11.5 Å². The molecule has 5 heteroatoms. The SMILES string of the molecule is COc1ccc(CN(CCO)C(=O)[C@H]2CC=CCC2)c(OC)c1. The summed E-state index contributed by atoms with van der Waals surface area (Å²) in [7, 11) is 3.20. The molecule has 0 bridgehead atoms. The van der Waals surface area contributed by atoms with Crippen molar-refractivity contribution in [1.82, 2.24) is 4.90 Å². The van der Waals surface area contributed by atoms with Gasteiger partial charge in [0.2, 0.25) is 5.91 Å². The molecule has 2 rings (SSSR count). The first-order valence-corrected chi connectivity index (χ1v) is 7.95. The molecule has 1 aromatic rings. The van der Waals surface area contributed by atoms with Crippen LogP contribution in [0.5, 0.6) is 11.5 Å². The van der Waals surface area contributed by atoms with Crippen LogP contribution in [-0.4, -0.2) is 43.3 Å². The number of nitrogens with zero attached hydrogens (tertiary/aromatic N) is 1. The number of rotatable bonds is 7. The largest absolute Gasteiger partial charge is 0.497 e. The number of hydrogen-bond donors (Lipinski definition) is 1. The van der Waals surface area contributed by atoms with E-state index in [-0.39, 0.29) is 18.4 Å². The lowest BCUT2D eigenvalue weighted by Gasteiger charge is -2.28. The standard InChI is InChI=1S/C18H25NO4/c1-22-16-9-8-15(17(12-16)23-2)13-19(10-11-20)18(21)14-6-4-3-5-7-14/h3-4,8-9,12,14,20H,5-7,10-11,13H2,1-2H3/t14-/m0/s1. The minimum absolute atomic E-state index is 0.00999. The molecule has 0 aromatic heterocycles. The maximum absolute atomic E-state index is 12.7. The first kappa shape index (κ1) is 17.3. The molecule has 5 nitrogen and oxygen atoms in total. The third kappa shape index (κ3) is 4.48. The van der Waals surface area contributed by atoms with Gasteiger partial charge in [0, 0.05) is 30.6 Å². The normalized spacial score (nSPS) is 16.9. The van der Waals surface area contributed by atoms with E-state index in [1.807, 2.05) is 12.1 Å². The highest BCUT2D eigenvalue weighted by Crippen LogP contribution is 2.27. The molecule has 0 radical (unpaired) electrons. The predicted octanol–water partition coefficient (Wildman–Crippen LogP) is 2.38. The number of hydrogen-bond acceptors (Lipinski definition) is 4. The highest BCUT2D eigenvalue weighted by Gasteiger charge is 2.25. The molecule has 0 saturated carbocycles. The number of ether oxygens (including phenoxy) is 2. The molecule has 0 heterocycles. The van der Waals surface area contributed by atoms with Crippen molar-refractivity contribution >= 4 is 5.91 Å². The van der Waals surface area contributed by atoms with E-state index >= 15 is 0 Å². The molecule has 1 amide bonds. The van der Waals surface area contributed by atoms with Gasteiger partial charge in [-0.15, -0.1) is 0 Å². The average molecular weight is 319 g/mol. The van der Waals surface area contributed by atoms with Crippen LogP contribution in [0.4, 0.5) is 0 Å². The van der Waals surface area contributed by atoms with Gasteiger partial charge in [-0.05, 0) is 31.4 Å². The number of methoxy groups -OCH3 is 2. The van der Waals surface area contributed by atoms with Crippen molar-refractivity contribution in [3.05, 3.63) is 35.9 Å². The first-order valence-electron chi connectivity index (χ1n) is 7.95. The van der Waals surface area contributed by atoms with Gasteiger partial charge in [-0.2, -0.15) is 0 Å². The van der Waals surface area contributed by atoms with Crippen LogP contribution in [0.25, 0.3) is 0 Å². The highest BCUT2D eigenvalue weighted by molar-refractivity contribution is 5.79. The van der Waals surface area contributed by atoms with Gasteiger partial charge in [0.25, 0.3) is 0 Å². The predicted molar refractivity (Wildman–Crippen MR) is 88.5 cm³/mol. The van der Waals surface area contributed by atoms with Gasteiger partial charge in [-0.3, -0.25) is 4.79 Å². The highest BCUT2D eigenvalue weighted by atomic mass is 16.5. The van der Waals surface area contributed by atoms with Gasteiger partial charge in [0.05, 0.1) is 20.8 Å². The summed E-state index contributed by atoms with van der Waals surface area (Å²) >= 11 is 0. The van der Waals surface area contributed by atoms with Crippen LogP contribution in [0.15, 0.2) is 30.4 Å². The van der Waals surface area contributed by atoms with Crippen molar-refractivity contribution in [3.63, 3.8) is 0 Å². The summed E-state index contributed by atoms with van der Waals surface area (Å²) in [5.41, 5.74) is 0.904. The quantitative estimate of drug-likeness (QED) is 0.784. The van der Waals surface area contributed by atoms with E-state index < -0.39 is 0 Å². The van der Waals surface area contributed by atoms with Crippen molar-refractivity contribution in [2.45, 2.75) is 25.8 Å². The van der Waals surface area contributed by atoms with Crippen LogP contribution < -0.4 is 9.47 Å². The Bertz CT molecular complexity index is 556. The fourth-order valence-corrected chi connectivity index (χ4v) is 2.85. The Kier molecular flexibility index (Phi) is 6.47. The van der Waals surface area contributed by atoms with E-state index in [0.29, 0.717) is 24.6 Å². The van der Waals surface area contributed by atoms with E-state index in [1.165, 1.54) is 0 Å². The van der Waals surface area contributed by atoms with Crippen LogP contribution in [0.3, 0.4) is 0 Å². The molecule has 1 aromatic carbocycles. The van der Waals surface area contributed by atoms with E-state index in [9.17, 15) is 9.90 Å². The smallest absolute Gasteiger partial charge is 0.226 e. The Morgan fingerprint density at radius 2 is 2.13 bits per heavy atom. The topological polar surface area (TPSA) is 59.0 Å². The first-order chi connectivity index (χ1) is 11.2. The van der Waals surface area contributed by atoms with Gasteiger partial charge in [0.15, 0.2) is 0 Å². The molecular formula is C18H25NO4. The fraction of sp³-hybridized carbons (Fsp3) is 0.500. The summed E-state index contributed by atoms with van der Waals surface area (Å²) in [6, 6.07) is 5.55. The summed E-state index contributed by atoms with van der Waals surface area (Å²) in [5.74, 6) is 1.50. The fourth-order valence-electron chi connectivity index (χ4n) is 2.85. The second-order valence-electron chi connectivity index (χ2n) is 5.64. The molecule has 0 fully saturated rings. The number of allylic oxidation sites excluding steroid dienone is 2. The summed E-state index contributed by atoms with van der Waals surface area (Å²) in [6.07, 6.45) is 6.77. The molecular weight excluding hydrogens is 294 g/mol. The zero-order valence-electron chi connectivity index (χ0n) is 13.8. The van der Waals surface area contributed by atoms with Crippen LogP contribution >= 0.6 is 0 Å². The molecule has 1 N–H and O–H groups in total. The number of carbonyl (C=O) groups is 1. The van der Waals surface area contributed by atoms with Crippen molar-refractivity contribution in [2.24, 2.45) is 5.92 Å². The molecule has 126 valence electrons. The third-order valence-electron chi connectivity index (χ3n) is 4.16. The van der Waals surface area contributed by atoms with Crippen LogP contribution in [0.2, 0.25) is 0 Å². The zero-order chi connectivity index (χ0) is 16.7. The summed E-state index contributed by atoms with van der Waals surface area (Å²) in [6.45, 7) is 0.702. The Hall–Kier alpha value is -2.01. The molecule has 0 saturated heterocycles. The molecule has 1 aliphatic carbocycles. The zero-order valence-corrected chi connectivity index (χ0v) is 13.8. The summed E-state index contributed by atoms with van der Waals surface area (Å²) < 4.78 is 10.6. The number of aliphatic hydroxyl groups excluding tert-OH is 1. The van der Waals surface area contributed by atoms with Crippen LogP contribution in [0, 0.1) is 5.92 Å². The lowest BCUT2D eigenvalue weighted by Crippen LogP contribution is -2.38. The Morgan fingerprint density at radius 3 is 2.74 bits per heavy atom. The third-order valence-corrected chi connectivity index (χ3v) is 4.16. The van der Waals surface area contributed by atoms with E-state index in [2.05, 4.69) is 12.2 Å². The molecule has 0 aliphatic heterocycles. The monoisotopic (exact) mass is 319 g/mol. The number of carbonyl (C=O) groups excluding carboxylic acids is 1. The van der Waals surface area contributed by atoms with Crippen molar-refractivity contribution in [2.75, 3.05) is 27.4 Å². The van der Waals surface area contributed by atoms with Gasteiger partial charge in [0.1, 0.15) is 11.5 Å². The van der Waals surface area contributed by atoms with E-state index in [1.54, 1.807) is 25.2 Å². The number of amides is 1. The second-order valence-corrected chi connectivity index (χ2v) is 5.64. The molecule has 23 heavy (non-hydrogen) atoms. The molecule has 0 spiro atoms. The minimum Gasteiger partial charge on any atom is -0.497 e. The van der Waals surface area contributed by atoms with E-state index in [0.717, 1.165) is 24.8 Å². The lowest BCUT2D eigenvalue weighted by molar-refractivity contribution is -0.137. The van der Waals surface area contributed by atoms with Crippen LogP contribution in [-0.2, 0) is 11.3 Å². The van der Waals surface area contributed by atoms with Gasteiger partial charge in [-0.25, -0.2) is 0 Å². The Labute approximate surface area is 137 Å². The lowest BCUT2D eigenvalue weighted by atomic mass is 9.93. The molecule has 1 aliphatic rings. The summed E-state index contributed by atoms with van der Waals surface area (Å²) in [4.78, 5) is 14.4. The van der Waals surface area contributed by atoms with Gasteiger partial charge < -0.3 is 19.5 Å². The number of aliphatic hydroxyl groups is 1. The molecule has 0 unspecified atom stereocenters. The minimum atomic E-state index is -0.0488. The summed E-state index contributed by atoms with van der Waals surface area (Å²) in [5, 5.41) is 9.31. The van der Waals surface area contributed by atoms with E-state index in [4.69, 9.17) is 9.47 Å². The Morgan fingerprint density at radius 1 is 1.30 bits per heavy atom. The average Bonchev–Trinajstić information content (AvgIpc) is 2.61. The van der Waals surface area contributed by atoms with Crippen LogP contribution in [0.1, 0.15) is 24.8 Å². The maximum Gasteiger partial charge on any atom is 0.226 e. The van der Waals surface area contributed by atoms with Crippen molar-refractivity contribution < 1.29 is 19.4 Å². The molecule has 1 atom stereocenters. The van der Waals surface area contributed by atoms with Crippen molar-refractivity contribution in [1.29, 1.82) is 0 Å².